The summed E-state index contributed by atoms with van der Waals surface area (Å²) in [4.78, 5) is 0. The van der Waals surface area contributed by atoms with Crippen LogP contribution in [0.25, 0.3) is 0 Å². The monoisotopic (exact) mass is 311 g/mol. The smallest absolute Gasteiger partial charge is 0.0553 e. The first-order chi connectivity index (χ1) is 3.83. The fraction of sp³-hybridized carbons (Fsp3) is 1.00. The van der Waals surface area contributed by atoms with E-state index in [1.165, 1.54) is 0 Å². The summed E-state index contributed by atoms with van der Waals surface area (Å²) in [6, 6.07) is 0. The molecule has 0 atom stereocenters. The second-order valence-corrected chi connectivity index (χ2v) is 1.02. The second kappa shape index (κ2) is 42.3. The standard InChI is InChI=1S/2C2H7NO.3Cu/c2*3-1-2-4;;;/h2*4H,1-3H2;;;. The van der Waals surface area contributed by atoms with Crippen molar-refractivity contribution in [2.45, 2.75) is 0 Å². The fourth-order valence-corrected chi connectivity index (χ4v) is 0. The van der Waals surface area contributed by atoms with Gasteiger partial charge in [-0.05, 0) is 0 Å². The Morgan fingerprint density at radius 3 is 0.818 bits per heavy atom. The third kappa shape index (κ3) is 87.2. The molecule has 85 valence electrons. The summed E-state index contributed by atoms with van der Waals surface area (Å²) in [5.74, 6) is 0. The van der Waals surface area contributed by atoms with Gasteiger partial charge in [-0.1, -0.05) is 0 Å². The average molecular weight is 313 g/mol. The van der Waals surface area contributed by atoms with Gasteiger partial charge in [0.1, 0.15) is 0 Å². The molecule has 0 unspecified atom stereocenters. The van der Waals surface area contributed by atoms with Gasteiger partial charge < -0.3 is 21.7 Å². The van der Waals surface area contributed by atoms with E-state index in [0.29, 0.717) is 13.1 Å². The van der Waals surface area contributed by atoms with Crippen LogP contribution in [0.15, 0.2) is 0 Å². The Morgan fingerprint density at radius 2 is 0.818 bits per heavy atom. The van der Waals surface area contributed by atoms with Crippen LogP contribution in [-0.2, 0) is 51.2 Å². The van der Waals surface area contributed by atoms with Crippen molar-refractivity contribution in [3.05, 3.63) is 0 Å². The van der Waals surface area contributed by atoms with Gasteiger partial charge in [0.15, 0.2) is 0 Å². The molecule has 0 aliphatic carbocycles. The van der Waals surface area contributed by atoms with Crippen LogP contribution in [0, 0.1) is 0 Å². The Balaban J connectivity index is -0.0000000171. The molecule has 6 N–H and O–H groups in total. The fourth-order valence-electron chi connectivity index (χ4n) is 0. The van der Waals surface area contributed by atoms with Gasteiger partial charge in [-0.3, -0.25) is 0 Å². The van der Waals surface area contributed by atoms with E-state index < -0.39 is 0 Å². The SMILES string of the molecule is NCCO.NCCO.[Cu].[Cu].[Cu]. The molecule has 0 aliphatic rings. The van der Waals surface area contributed by atoms with Crippen molar-refractivity contribution in [2.75, 3.05) is 26.3 Å². The number of hydrogen-bond acceptors (Lipinski definition) is 4. The Hall–Kier alpha value is 1.40. The third-order valence-electron chi connectivity index (χ3n) is 0.258. The van der Waals surface area contributed by atoms with E-state index in [0.717, 1.165) is 0 Å². The van der Waals surface area contributed by atoms with E-state index in [4.69, 9.17) is 21.7 Å². The molecule has 0 fully saturated rings. The molecular formula is C4H14Cu3N2O2. The molecule has 0 aromatic carbocycles. The van der Waals surface area contributed by atoms with E-state index in [-0.39, 0.29) is 64.4 Å². The van der Waals surface area contributed by atoms with Gasteiger partial charge in [0.25, 0.3) is 0 Å². The molecule has 0 rings (SSSR count). The Labute approximate surface area is 98.9 Å². The van der Waals surface area contributed by atoms with Crippen molar-refractivity contribution < 1.29 is 61.4 Å². The van der Waals surface area contributed by atoms with Gasteiger partial charge in [0.05, 0.1) is 13.2 Å². The predicted molar refractivity (Wildman–Crippen MR) is 32.3 cm³/mol. The van der Waals surface area contributed by atoms with Crippen molar-refractivity contribution in [3.8, 4) is 0 Å². The minimum atomic E-state index is 0. The molecule has 0 amide bonds. The van der Waals surface area contributed by atoms with E-state index in [1.54, 1.807) is 0 Å². The van der Waals surface area contributed by atoms with Crippen LogP contribution in [0.2, 0.25) is 0 Å². The number of rotatable bonds is 2. The van der Waals surface area contributed by atoms with E-state index in [1.807, 2.05) is 0 Å². The van der Waals surface area contributed by atoms with Gasteiger partial charge >= 0.3 is 0 Å². The summed E-state index contributed by atoms with van der Waals surface area (Å²) in [6.07, 6.45) is 0. The molecule has 0 aromatic rings. The van der Waals surface area contributed by atoms with Crippen LogP contribution in [0.3, 0.4) is 0 Å². The Kier molecular flexibility index (Phi) is 113. The van der Waals surface area contributed by atoms with Crippen molar-refractivity contribution in [2.24, 2.45) is 11.5 Å². The number of aliphatic hydroxyl groups is 2. The zero-order valence-corrected chi connectivity index (χ0v) is 8.61. The van der Waals surface area contributed by atoms with E-state index >= 15 is 0 Å². The van der Waals surface area contributed by atoms with Gasteiger partial charge in [0, 0.05) is 64.3 Å². The zero-order chi connectivity index (χ0) is 6.83. The third-order valence-corrected chi connectivity index (χ3v) is 0.258. The molecule has 0 saturated heterocycles. The molecule has 0 spiro atoms. The molecular weight excluding hydrogens is 299 g/mol. The van der Waals surface area contributed by atoms with Crippen molar-refractivity contribution in [1.29, 1.82) is 0 Å². The molecule has 0 aromatic heterocycles. The molecule has 3 radical (unpaired) electrons. The maximum atomic E-state index is 7.75. The molecule has 0 heterocycles. The predicted octanol–water partition coefficient (Wildman–Crippen LogP) is -2.13. The molecule has 7 heteroatoms. The quantitative estimate of drug-likeness (QED) is 0.438. The summed E-state index contributed by atoms with van der Waals surface area (Å²) in [5.41, 5.74) is 9.56. The number of nitrogens with two attached hydrogens (primary N) is 2. The second-order valence-electron chi connectivity index (χ2n) is 1.02. The Morgan fingerprint density at radius 1 is 0.727 bits per heavy atom. The maximum Gasteiger partial charge on any atom is 0.0553 e. The van der Waals surface area contributed by atoms with Gasteiger partial charge in [-0.2, -0.15) is 0 Å². The first-order valence-corrected chi connectivity index (χ1v) is 2.45. The first kappa shape index (κ1) is 29.4. The van der Waals surface area contributed by atoms with E-state index in [9.17, 15) is 0 Å². The Bertz CT molecular complexity index is 29.3. The summed E-state index contributed by atoms with van der Waals surface area (Å²) in [6.45, 7) is 0.944. The summed E-state index contributed by atoms with van der Waals surface area (Å²) in [5, 5.41) is 15.5. The molecule has 4 nitrogen and oxygen atoms in total. The van der Waals surface area contributed by atoms with Crippen LogP contribution < -0.4 is 11.5 Å². The summed E-state index contributed by atoms with van der Waals surface area (Å²) >= 11 is 0. The topological polar surface area (TPSA) is 92.5 Å². The molecule has 11 heavy (non-hydrogen) atoms. The summed E-state index contributed by atoms with van der Waals surface area (Å²) < 4.78 is 0. The van der Waals surface area contributed by atoms with Crippen molar-refractivity contribution >= 4 is 0 Å². The van der Waals surface area contributed by atoms with Gasteiger partial charge in [-0.15, -0.1) is 0 Å². The van der Waals surface area contributed by atoms with Crippen LogP contribution in [0.4, 0.5) is 0 Å². The normalized spacial score (nSPS) is 5.45. The van der Waals surface area contributed by atoms with Crippen molar-refractivity contribution in [3.63, 3.8) is 0 Å². The van der Waals surface area contributed by atoms with Crippen LogP contribution in [0.5, 0.6) is 0 Å². The van der Waals surface area contributed by atoms with Gasteiger partial charge in [0.2, 0.25) is 0 Å². The largest absolute Gasteiger partial charge is 0.395 e. The molecule has 0 saturated carbocycles. The van der Waals surface area contributed by atoms with Crippen LogP contribution in [-0.4, -0.2) is 36.5 Å². The van der Waals surface area contributed by atoms with Gasteiger partial charge in [-0.25, -0.2) is 0 Å². The van der Waals surface area contributed by atoms with Crippen LogP contribution in [0.1, 0.15) is 0 Å². The number of aliphatic hydroxyl groups excluding tert-OH is 2. The zero-order valence-electron chi connectivity index (χ0n) is 5.78. The average Bonchev–Trinajstić information content (AvgIpc) is 1.88. The molecule has 0 aliphatic heterocycles. The number of hydrogen-bond donors (Lipinski definition) is 4. The van der Waals surface area contributed by atoms with E-state index in [2.05, 4.69) is 0 Å². The van der Waals surface area contributed by atoms with Crippen LogP contribution >= 0.6 is 0 Å². The van der Waals surface area contributed by atoms with Crippen molar-refractivity contribution in [1.82, 2.24) is 0 Å². The molecule has 0 bridgehead atoms. The minimum absolute atomic E-state index is 0. The first-order valence-electron chi connectivity index (χ1n) is 2.45. The maximum absolute atomic E-state index is 7.75. The summed E-state index contributed by atoms with van der Waals surface area (Å²) in [7, 11) is 0. The minimum Gasteiger partial charge on any atom is -0.395 e.